The molecule has 0 radical (unpaired) electrons. The second-order valence-electron chi connectivity index (χ2n) is 8.60. The Kier molecular flexibility index (Phi) is 6.47. The first kappa shape index (κ1) is 22.6. The second kappa shape index (κ2) is 9.47. The fraction of sp³-hybridized carbons (Fsp3) is 0.500. The van der Waals surface area contributed by atoms with E-state index in [1.54, 1.807) is 36.4 Å². The van der Waals surface area contributed by atoms with Crippen LogP contribution in [-0.4, -0.2) is 65.8 Å². The minimum Gasteiger partial charge on any atom is -0.454 e. The van der Waals surface area contributed by atoms with Crippen molar-refractivity contribution >= 4 is 17.7 Å². The first-order valence-corrected chi connectivity index (χ1v) is 11.1. The van der Waals surface area contributed by atoms with Crippen molar-refractivity contribution in [1.82, 2.24) is 34.7 Å². The maximum absolute atomic E-state index is 11.9. The molecule has 0 amide bonds. The van der Waals surface area contributed by atoms with Gasteiger partial charge in [0.15, 0.2) is 17.7 Å². The SMILES string of the molecule is CCCC(=O)OC(C)c1nccc(N2CCN(c3nccc(-n4cncn4)n3)CC2(C)C)n1. The second-order valence-corrected chi connectivity index (χ2v) is 8.60. The van der Waals surface area contributed by atoms with Crippen LogP contribution in [0.4, 0.5) is 11.8 Å². The Balaban J connectivity index is 1.49. The maximum atomic E-state index is 11.9. The summed E-state index contributed by atoms with van der Waals surface area (Å²) >= 11 is 0. The Labute approximate surface area is 192 Å². The number of hydrogen-bond donors (Lipinski definition) is 0. The highest BCUT2D eigenvalue weighted by molar-refractivity contribution is 5.69. The molecular formula is C22H29N9O2. The van der Waals surface area contributed by atoms with Gasteiger partial charge in [-0.05, 0) is 33.3 Å². The van der Waals surface area contributed by atoms with Crippen molar-refractivity contribution in [3.63, 3.8) is 0 Å². The van der Waals surface area contributed by atoms with E-state index in [2.05, 4.69) is 48.7 Å². The lowest BCUT2D eigenvalue weighted by Gasteiger charge is -2.47. The van der Waals surface area contributed by atoms with E-state index in [4.69, 9.17) is 9.72 Å². The Morgan fingerprint density at radius 2 is 1.94 bits per heavy atom. The van der Waals surface area contributed by atoms with E-state index in [9.17, 15) is 4.79 Å². The Bertz CT molecular complexity index is 1090. The molecule has 1 aliphatic rings. The van der Waals surface area contributed by atoms with Crippen LogP contribution in [0.3, 0.4) is 0 Å². The molecule has 0 aromatic carbocycles. The third-order valence-corrected chi connectivity index (χ3v) is 5.53. The highest BCUT2D eigenvalue weighted by atomic mass is 16.5. The number of ether oxygens (including phenoxy) is 1. The Morgan fingerprint density at radius 3 is 2.67 bits per heavy atom. The third kappa shape index (κ3) is 5.07. The predicted molar refractivity (Wildman–Crippen MR) is 122 cm³/mol. The van der Waals surface area contributed by atoms with Crippen LogP contribution in [0, 0.1) is 0 Å². The number of carbonyl (C=O) groups is 1. The average molecular weight is 452 g/mol. The minimum atomic E-state index is -0.499. The van der Waals surface area contributed by atoms with Crippen LogP contribution in [0.2, 0.25) is 0 Å². The van der Waals surface area contributed by atoms with E-state index in [-0.39, 0.29) is 11.5 Å². The summed E-state index contributed by atoms with van der Waals surface area (Å²) in [7, 11) is 0. The molecule has 0 aliphatic carbocycles. The van der Waals surface area contributed by atoms with Gasteiger partial charge in [-0.15, -0.1) is 0 Å². The van der Waals surface area contributed by atoms with Crippen molar-refractivity contribution < 1.29 is 9.53 Å². The van der Waals surface area contributed by atoms with Crippen LogP contribution in [0.25, 0.3) is 5.82 Å². The fourth-order valence-corrected chi connectivity index (χ4v) is 3.92. The zero-order chi connectivity index (χ0) is 23.4. The minimum absolute atomic E-state index is 0.235. The quantitative estimate of drug-likeness (QED) is 0.496. The number of rotatable bonds is 7. The summed E-state index contributed by atoms with van der Waals surface area (Å²) in [4.78, 5) is 38.5. The number of piperazine rings is 1. The van der Waals surface area contributed by atoms with E-state index in [0.29, 0.717) is 30.6 Å². The summed E-state index contributed by atoms with van der Waals surface area (Å²) in [6.45, 7) is 10.2. The van der Waals surface area contributed by atoms with E-state index >= 15 is 0 Å². The van der Waals surface area contributed by atoms with Crippen LogP contribution in [0.5, 0.6) is 0 Å². The van der Waals surface area contributed by atoms with Crippen LogP contribution in [0.1, 0.15) is 52.5 Å². The number of aromatic nitrogens is 7. The molecule has 0 bridgehead atoms. The zero-order valence-electron chi connectivity index (χ0n) is 19.4. The van der Waals surface area contributed by atoms with Crippen molar-refractivity contribution in [2.24, 2.45) is 0 Å². The van der Waals surface area contributed by atoms with Gasteiger partial charge in [0.2, 0.25) is 5.95 Å². The highest BCUT2D eigenvalue weighted by Crippen LogP contribution is 2.29. The van der Waals surface area contributed by atoms with Gasteiger partial charge in [0.25, 0.3) is 0 Å². The van der Waals surface area contributed by atoms with Gasteiger partial charge >= 0.3 is 5.97 Å². The highest BCUT2D eigenvalue weighted by Gasteiger charge is 2.36. The van der Waals surface area contributed by atoms with E-state index in [1.807, 2.05) is 13.0 Å². The molecule has 1 unspecified atom stereocenters. The lowest BCUT2D eigenvalue weighted by molar-refractivity contribution is -0.149. The van der Waals surface area contributed by atoms with Crippen LogP contribution in [-0.2, 0) is 9.53 Å². The molecule has 1 atom stereocenters. The van der Waals surface area contributed by atoms with Crippen LogP contribution in [0.15, 0.2) is 37.2 Å². The Morgan fingerprint density at radius 1 is 1.15 bits per heavy atom. The molecule has 4 heterocycles. The molecule has 0 saturated carbocycles. The van der Waals surface area contributed by atoms with Gasteiger partial charge < -0.3 is 14.5 Å². The summed E-state index contributed by atoms with van der Waals surface area (Å²) in [5.74, 6) is 2.39. The van der Waals surface area contributed by atoms with Gasteiger partial charge in [-0.3, -0.25) is 4.79 Å². The first-order chi connectivity index (χ1) is 15.9. The van der Waals surface area contributed by atoms with Gasteiger partial charge in [0, 0.05) is 44.5 Å². The van der Waals surface area contributed by atoms with E-state index in [1.165, 1.54) is 6.33 Å². The molecular weight excluding hydrogens is 422 g/mol. The number of carbonyl (C=O) groups excluding carboxylic acids is 1. The van der Waals surface area contributed by atoms with Crippen molar-refractivity contribution in [2.75, 3.05) is 29.4 Å². The fourth-order valence-electron chi connectivity index (χ4n) is 3.92. The summed E-state index contributed by atoms with van der Waals surface area (Å²) in [6, 6.07) is 3.69. The van der Waals surface area contributed by atoms with Crippen molar-refractivity contribution in [3.8, 4) is 5.82 Å². The molecule has 0 spiro atoms. The molecule has 1 aliphatic heterocycles. The molecule has 33 heavy (non-hydrogen) atoms. The summed E-state index contributed by atoms with van der Waals surface area (Å²) in [5.41, 5.74) is -0.251. The summed E-state index contributed by atoms with van der Waals surface area (Å²) in [6.07, 6.45) is 7.18. The van der Waals surface area contributed by atoms with E-state index in [0.717, 1.165) is 25.3 Å². The van der Waals surface area contributed by atoms with Crippen molar-refractivity contribution in [3.05, 3.63) is 43.0 Å². The number of esters is 1. The Hall–Kier alpha value is -3.63. The molecule has 1 fully saturated rings. The summed E-state index contributed by atoms with van der Waals surface area (Å²) < 4.78 is 7.08. The predicted octanol–water partition coefficient (Wildman–Crippen LogP) is 2.36. The molecule has 11 nitrogen and oxygen atoms in total. The van der Waals surface area contributed by atoms with Gasteiger partial charge in [0.1, 0.15) is 18.5 Å². The number of hydrogen-bond acceptors (Lipinski definition) is 10. The van der Waals surface area contributed by atoms with Crippen LogP contribution < -0.4 is 9.80 Å². The average Bonchev–Trinajstić information content (AvgIpc) is 3.34. The molecule has 11 heteroatoms. The monoisotopic (exact) mass is 451 g/mol. The van der Waals surface area contributed by atoms with E-state index < -0.39 is 6.10 Å². The molecule has 4 rings (SSSR count). The van der Waals surface area contributed by atoms with Crippen molar-refractivity contribution in [1.29, 1.82) is 0 Å². The molecule has 174 valence electrons. The van der Waals surface area contributed by atoms with Gasteiger partial charge in [-0.25, -0.2) is 24.6 Å². The lowest BCUT2D eigenvalue weighted by Crippen LogP contribution is -2.60. The number of anilines is 2. The van der Waals surface area contributed by atoms with Gasteiger partial charge in [-0.2, -0.15) is 10.1 Å². The zero-order valence-corrected chi connectivity index (χ0v) is 19.4. The molecule has 1 saturated heterocycles. The normalized spacial score (nSPS) is 16.5. The standard InChI is InChI=1S/C22H29N9O2/c1-5-6-19(32)33-16(2)20-24-9-7-17(27-20)30-12-11-29(13-22(30,3)4)21-25-10-8-18(28-21)31-15-23-14-26-31/h7-10,14-16H,5-6,11-13H2,1-4H3. The van der Waals surface area contributed by atoms with Crippen LogP contribution >= 0.6 is 0 Å². The maximum Gasteiger partial charge on any atom is 0.306 e. The molecule has 3 aromatic rings. The smallest absolute Gasteiger partial charge is 0.306 e. The largest absolute Gasteiger partial charge is 0.454 e. The summed E-state index contributed by atoms with van der Waals surface area (Å²) in [5, 5.41) is 4.15. The van der Waals surface area contributed by atoms with Gasteiger partial charge in [-0.1, -0.05) is 6.92 Å². The number of nitrogens with zero attached hydrogens (tertiary/aromatic N) is 9. The van der Waals surface area contributed by atoms with Gasteiger partial charge in [0.05, 0.1) is 5.54 Å². The third-order valence-electron chi connectivity index (χ3n) is 5.53. The lowest BCUT2D eigenvalue weighted by atomic mass is 9.99. The first-order valence-electron chi connectivity index (χ1n) is 11.1. The topological polar surface area (TPSA) is 115 Å². The van der Waals surface area contributed by atoms with Crippen molar-refractivity contribution in [2.45, 2.75) is 52.2 Å². The molecule has 3 aromatic heterocycles. The molecule has 0 N–H and O–H groups in total.